The monoisotopic (exact) mass is 324 g/mol. The van der Waals surface area contributed by atoms with Gasteiger partial charge >= 0.3 is 6.18 Å². The second-order valence-corrected chi connectivity index (χ2v) is 5.96. The zero-order chi connectivity index (χ0) is 14.9. The minimum Gasteiger partial charge on any atom is -0.388 e. The van der Waals surface area contributed by atoms with Gasteiger partial charge in [-0.05, 0) is 29.8 Å². The number of alkyl halides is 3. The molecule has 1 nitrogen and oxygen atoms in total. The second kappa shape index (κ2) is 5.71. The summed E-state index contributed by atoms with van der Waals surface area (Å²) in [4.78, 5) is 0.736. The van der Waals surface area contributed by atoms with Gasteiger partial charge in [0.1, 0.15) is 5.82 Å². The van der Waals surface area contributed by atoms with Gasteiger partial charge in [-0.3, -0.25) is 0 Å². The first-order valence-electron chi connectivity index (χ1n) is 5.56. The number of aliphatic hydroxyl groups excluding tert-OH is 1. The molecule has 0 saturated heterocycles. The Labute approximate surface area is 121 Å². The van der Waals surface area contributed by atoms with E-state index < -0.39 is 23.7 Å². The molecule has 1 atom stereocenters. The summed E-state index contributed by atoms with van der Waals surface area (Å²) in [7, 11) is 0. The fourth-order valence-corrected chi connectivity index (χ4v) is 2.86. The van der Waals surface area contributed by atoms with Gasteiger partial charge in [-0.15, -0.1) is 11.3 Å². The lowest BCUT2D eigenvalue weighted by atomic mass is 10.0. The van der Waals surface area contributed by atoms with Gasteiger partial charge < -0.3 is 5.11 Å². The Bertz CT molecular complexity index is 609. The largest absolute Gasteiger partial charge is 0.419 e. The maximum absolute atomic E-state index is 13.1. The van der Waals surface area contributed by atoms with Crippen LogP contribution in [-0.2, 0) is 12.6 Å². The number of benzene rings is 1. The van der Waals surface area contributed by atoms with E-state index in [4.69, 9.17) is 11.6 Å². The lowest BCUT2D eigenvalue weighted by molar-refractivity contribution is -0.140. The van der Waals surface area contributed by atoms with Gasteiger partial charge in [0.15, 0.2) is 0 Å². The molecule has 0 radical (unpaired) electrons. The molecule has 7 heteroatoms. The molecule has 0 saturated carbocycles. The van der Waals surface area contributed by atoms with Crippen LogP contribution in [0.25, 0.3) is 0 Å². The van der Waals surface area contributed by atoms with Crippen LogP contribution in [0.4, 0.5) is 17.6 Å². The summed E-state index contributed by atoms with van der Waals surface area (Å²) < 4.78 is 51.4. The predicted molar refractivity (Wildman–Crippen MR) is 69.4 cm³/mol. The van der Waals surface area contributed by atoms with Crippen LogP contribution < -0.4 is 0 Å². The SMILES string of the molecule is OC(Cc1ccc(Cl)s1)c1ccc(F)c(C(F)(F)F)c1. The average Bonchev–Trinajstić information content (AvgIpc) is 2.73. The molecule has 0 aliphatic rings. The van der Waals surface area contributed by atoms with Crippen molar-refractivity contribution in [2.75, 3.05) is 0 Å². The number of thiophene rings is 1. The van der Waals surface area contributed by atoms with E-state index in [0.717, 1.165) is 10.9 Å². The summed E-state index contributed by atoms with van der Waals surface area (Å²) in [6, 6.07) is 5.81. The van der Waals surface area contributed by atoms with Crippen LogP contribution in [0.1, 0.15) is 22.1 Å². The fraction of sp³-hybridized carbons (Fsp3) is 0.231. The standard InChI is InChI=1S/C13H9ClF4OS/c14-12-4-2-8(20-12)6-11(19)7-1-3-10(15)9(5-7)13(16,17)18/h1-5,11,19H,6H2. The van der Waals surface area contributed by atoms with Crippen molar-refractivity contribution in [3.05, 3.63) is 56.5 Å². The van der Waals surface area contributed by atoms with E-state index in [1.165, 1.54) is 11.3 Å². The molecule has 1 heterocycles. The first kappa shape index (κ1) is 15.3. The van der Waals surface area contributed by atoms with Crippen LogP contribution in [-0.4, -0.2) is 5.11 Å². The van der Waals surface area contributed by atoms with Crippen LogP contribution in [0.15, 0.2) is 30.3 Å². The summed E-state index contributed by atoms with van der Waals surface area (Å²) in [5.41, 5.74) is -1.36. The van der Waals surface area contributed by atoms with Gasteiger partial charge in [0.2, 0.25) is 0 Å². The van der Waals surface area contributed by atoms with Crippen molar-refractivity contribution >= 4 is 22.9 Å². The number of rotatable bonds is 3. The molecule has 108 valence electrons. The minimum atomic E-state index is -4.79. The van der Waals surface area contributed by atoms with Crippen LogP contribution in [0, 0.1) is 5.82 Å². The normalized spacial score (nSPS) is 13.5. The van der Waals surface area contributed by atoms with E-state index in [1.54, 1.807) is 12.1 Å². The van der Waals surface area contributed by atoms with Crippen molar-refractivity contribution in [1.29, 1.82) is 0 Å². The van der Waals surface area contributed by atoms with Gasteiger partial charge in [0.05, 0.1) is 16.0 Å². The molecule has 0 amide bonds. The van der Waals surface area contributed by atoms with Crippen molar-refractivity contribution in [2.24, 2.45) is 0 Å². The fourth-order valence-electron chi connectivity index (χ4n) is 1.74. The minimum absolute atomic E-state index is 0.0169. The number of hydrogen-bond donors (Lipinski definition) is 1. The van der Waals surface area contributed by atoms with Crippen molar-refractivity contribution in [2.45, 2.75) is 18.7 Å². The van der Waals surface area contributed by atoms with Crippen molar-refractivity contribution in [3.63, 3.8) is 0 Å². The van der Waals surface area contributed by atoms with Crippen molar-refractivity contribution in [3.8, 4) is 0 Å². The molecule has 1 aromatic heterocycles. The van der Waals surface area contributed by atoms with Gasteiger partial charge in [-0.25, -0.2) is 4.39 Å². The zero-order valence-corrected chi connectivity index (χ0v) is 11.5. The Kier molecular flexibility index (Phi) is 4.36. The molecule has 1 unspecified atom stereocenters. The topological polar surface area (TPSA) is 20.2 Å². The Morgan fingerprint density at radius 2 is 1.90 bits per heavy atom. The molecule has 0 bridgehead atoms. The van der Waals surface area contributed by atoms with Gasteiger partial charge in [-0.2, -0.15) is 13.2 Å². The molecule has 0 aliphatic carbocycles. The van der Waals surface area contributed by atoms with E-state index in [0.29, 0.717) is 16.5 Å². The van der Waals surface area contributed by atoms with E-state index in [1.807, 2.05) is 0 Å². The zero-order valence-electron chi connectivity index (χ0n) is 9.92. The van der Waals surface area contributed by atoms with Crippen molar-refractivity contribution in [1.82, 2.24) is 0 Å². The molecule has 20 heavy (non-hydrogen) atoms. The Morgan fingerprint density at radius 3 is 2.45 bits per heavy atom. The second-order valence-electron chi connectivity index (χ2n) is 4.16. The Hall–Kier alpha value is -1.11. The lowest BCUT2D eigenvalue weighted by Gasteiger charge is -2.13. The molecule has 2 rings (SSSR count). The lowest BCUT2D eigenvalue weighted by Crippen LogP contribution is -2.10. The van der Waals surface area contributed by atoms with E-state index >= 15 is 0 Å². The van der Waals surface area contributed by atoms with Gasteiger partial charge in [0.25, 0.3) is 0 Å². The molecular formula is C13H9ClF4OS. The molecule has 0 spiro atoms. The first-order chi connectivity index (χ1) is 9.27. The third-order valence-electron chi connectivity index (χ3n) is 2.70. The molecule has 0 fully saturated rings. The van der Waals surface area contributed by atoms with Crippen LogP contribution in [0.3, 0.4) is 0 Å². The quantitative estimate of drug-likeness (QED) is 0.801. The predicted octanol–water partition coefficient (Wildman–Crippen LogP) is 4.84. The molecule has 1 aromatic carbocycles. The van der Waals surface area contributed by atoms with Crippen LogP contribution in [0.5, 0.6) is 0 Å². The maximum atomic E-state index is 13.1. The first-order valence-corrected chi connectivity index (χ1v) is 6.76. The number of hydrogen-bond acceptors (Lipinski definition) is 2. The summed E-state index contributed by atoms with van der Waals surface area (Å²) in [6.07, 6.45) is -5.81. The number of aliphatic hydroxyl groups is 1. The maximum Gasteiger partial charge on any atom is 0.419 e. The van der Waals surface area contributed by atoms with Crippen LogP contribution in [0.2, 0.25) is 4.34 Å². The summed E-state index contributed by atoms with van der Waals surface area (Å²) in [5, 5.41) is 9.94. The Morgan fingerprint density at radius 1 is 1.20 bits per heavy atom. The molecular weight excluding hydrogens is 316 g/mol. The summed E-state index contributed by atoms with van der Waals surface area (Å²) in [6.45, 7) is 0. The highest BCUT2D eigenvalue weighted by Gasteiger charge is 2.34. The van der Waals surface area contributed by atoms with E-state index in [2.05, 4.69) is 0 Å². The highest BCUT2D eigenvalue weighted by Crippen LogP contribution is 2.34. The summed E-state index contributed by atoms with van der Waals surface area (Å²) >= 11 is 6.97. The summed E-state index contributed by atoms with van der Waals surface area (Å²) in [5.74, 6) is -1.35. The van der Waals surface area contributed by atoms with E-state index in [9.17, 15) is 22.7 Å². The van der Waals surface area contributed by atoms with Gasteiger partial charge in [-0.1, -0.05) is 17.7 Å². The smallest absolute Gasteiger partial charge is 0.388 e. The average molecular weight is 325 g/mol. The highest BCUT2D eigenvalue weighted by molar-refractivity contribution is 7.16. The third kappa shape index (κ3) is 3.50. The molecule has 1 N–H and O–H groups in total. The van der Waals surface area contributed by atoms with E-state index in [-0.39, 0.29) is 12.0 Å². The highest BCUT2D eigenvalue weighted by atomic mass is 35.5. The molecule has 2 aromatic rings. The Balaban J connectivity index is 2.24. The number of halogens is 5. The van der Waals surface area contributed by atoms with Crippen LogP contribution >= 0.6 is 22.9 Å². The molecule has 0 aliphatic heterocycles. The van der Waals surface area contributed by atoms with Crippen molar-refractivity contribution < 1.29 is 22.7 Å². The van der Waals surface area contributed by atoms with Gasteiger partial charge in [0, 0.05) is 11.3 Å². The third-order valence-corrected chi connectivity index (χ3v) is 3.96.